The molecule has 0 spiro atoms. The molecule has 2 heteroatoms. The van der Waals surface area contributed by atoms with E-state index >= 15 is 0 Å². The van der Waals surface area contributed by atoms with E-state index in [9.17, 15) is 0 Å². The molecule has 2 aromatic rings. The molecule has 112 valence electrons. The van der Waals surface area contributed by atoms with Crippen molar-refractivity contribution in [2.75, 3.05) is 0 Å². The molecule has 0 radical (unpaired) electrons. The summed E-state index contributed by atoms with van der Waals surface area (Å²) in [6, 6.07) is 14.7. The van der Waals surface area contributed by atoms with Crippen LogP contribution in [0.3, 0.4) is 0 Å². The summed E-state index contributed by atoms with van der Waals surface area (Å²) in [5, 5.41) is 1.28. The van der Waals surface area contributed by atoms with Gasteiger partial charge in [-0.2, -0.15) is 0 Å². The fraction of sp³-hybridized carbons (Fsp3) is 0.368. The fourth-order valence-electron chi connectivity index (χ4n) is 2.83. The average Bonchev–Trinajstić information content (AvgIpc) is 2.50. The Morgan fingerprint density at radius 2 is 1.71 bits per heavy atom. The molecular weight excluding hydrogens is 299 g/mol. The highest BCUT2D eigenvalue weighted by atomic mass is 35.5. The van der Waals surface area contributed by atoms with E-state index in [1.807, 2.05) is 12.1 Å². The maximum Gasteiger partial charge on any atom is 0.0595 e. The van der Waals surface area contributed by atoms with Gasteiger partial charge in [0.05, 0.1) is 10.0 Å². The quantitative estimate of drug-likeness (QED) is 0.537. The first-order chi connectivity index (χ1) is 10.2. The molecule has 0 saturated heterocycles. The van der Waals surface area contributed by atoms with E-state index in [0.717, 1.165) is 0 Å². The molecule has 0 unspecified atom stereocenters. The number of hydrogen-bond donors (Lipinski definition) is 0. The van der Waals surface area contributed by atoms with Crippen LogP contribution >= 0.6 is 23.2 Å². The summed E-state index contributed by atoms with van der Waals surface area (Å²) in [7, 11) is 0. The summed E-state index contributed by atoms with van der Waals surface area (Å²) < 4.78 is 0. The summed E-state index contributed by atoms with van der Waals surface area (Å²) >= 11 is 12.1. The molecule has 0 aliphatic heterocycles. The molecule has 0 amide bonds. The zero-order valence-electron chi connectivity index (χ0n) is 12.7. The standard InChI is InChI=1S/C16H14Cl2.C3H8/c17-15-9-8-12(10-16(15)18)14-7-3-5-11-4-1-2-6-13(11)14;1-3-2/h1-2,4,6,8-10,14H,3,5,7H2;3H2,1-2H3/t14-;/m0./s1. The lowest BCUT2D eigenvalue weighted by Gasteiger charge is -2.26. The van der Waals surface area contributed by atoms with Crippen LogP contribution in [0.4, 0.5) is 0 Å². The van der Waals surface area contributed by atoms with E-state index in [1.54, 1.807) is 0 Å². The molecule has 0 bridgehead atoms. The second kappa shape index (κ2) is 7.87. The maximum absolute atomic E-state index is 6.13. The SMILES string of the molecule is CCC.Clc1ccc([C@@H]2CCCc3ccccc32)cc1Cl. The van der Waals surface area contributed by atoms with Crippen LogP contribution in [0.25, 0.3) is 0 Å². The molecule has 0 N–H and O–H groups in total. The van der Waals surface area contributed by atoms with E-state index in [0.29, 0.717) is 16.0 Å². The number of fused-ring (bicyclic) bond motifs is 1. The predicted molar refractivity (Wildman–Crippen MR) is 93.7 cm³/mol. The van der Waals surface area contributed by atoms with Gasteiger partial charge in [0, 0.05) is 5.92 Å². The summed E-state index contributed by atoms with van der Waals surface area (Å²) in [5.74, 6) is 0.463. The van der Waals surface area contributed by atoms with Crippen molar-refractivity contribution in [1.29, 1.82) is 0 Å². The Morgan fingerprint density at radius 1 is 1.00 bits per heavy atom. The van der Waals surface area contributed by atoms with Crippen molar-refractivity contribution in [2.45, 2.75) is 45.4 Å². The van der Waals surface area contributed by atoms with E-state index in [-0.39, 0.29) is 0 Å². The van der Waals surface area contributed by atoms with Crippen LogP contribution in [0, 0.1) is 0 Å². The van der Waals surface area contributed by atoms with Crippen molar-refractivity contribution in [3.63, 3.8) is 0 Å². The predicted octanol–water partition coefficient (Wildman–Crippen LogP) is 6.88. The minimum absolute atomic E-state index is 0.463. The lowest BCUT2D eigenvalue weighted by Crippen LogP contribution is -2.10. The smallest absolute Gasteiger partial charge is 0.0595 e. The minimum atomic E-state index is 0.463. The number of hydrogen-bond acceptors (Lipinski definition) is 0. The van der Waals surface area contributed by atoms with Gasteiger partial charge >= 0.3 is 0 Å². The number of aryl methyl sites for hydroxylation is 1. The Bertz CT molecular complexity index is 590. The number of halogens is 2. The zero-order chi connectivity index (χ0) is 15.2. The number of benzene rings is 2. The molecule has 0 saturated carbocycles. The highest BCUT2D eigenvalue weighted by molar-refractivity contribution is 6.42. The van der Waals surface area contributed by atoms with Gasteiger partial charge in [-0.25, -0.2) is 0 Å². The molecule has 0 fully saturated rings. The van der Waals surface area contributed by atoms with Gasteiger partial charge in [-0.1, -0.05) is 73.8 Å². The van der Waals surface area contributed by atoms with Crippen molar-refractivity contribution in [1.82, 2.24) is 0 Å². The van der Waals surface area contributed by atoms with E-state index < -0.39 is 0 Å². The summed E-state index contributed by atoms with van der Waals surface area (Å²) in [6.07, 6.45) is 4.87. The molecule has 3 rings (SSSR count). The second-order valence-electron chi connectivity index (χ2n) is 5.52. The topological polar surface area (TPSA) is 0 Å². The van der Waals surface area contributed by atoms with Gasteiger partial charge in [0.1, 0.15) is 0 Å². The number of rotatable bonds is 1. The first-order valence-electron chi connectivity index (χ1n) is 7.70. The average molecular weight is 321 g/mol. The van der Waals surface area contributed by atoms with Gasteiger partial charge in [-0.3, -0.25) is 0 Å². The molecule has 1 aliphatic rings. The molecule has 1 atom stereocenters. The molecule has 0 nitrogen and oxygen atoms in total. The summed E-state index contributed by atoms with van der Waals surface area (Å²) in [4.78, 5) is 0. The van der Waals surface area contributed by atoms with Gasteiger partial charge in [0.2, 0.25) is 0 Å². The monoisotopic (exact) mass is 320 g/mol. The Labute approximate surface area is 138 Å². The first kappa shape index (κ1) is 16.4. The molecular formula is C19H22Cl2. The first-order valence-corrected chi connectivity index (χ1v) is 8.45. The van der Waals surface area contributed by atoms with Crippen molar-refractivity contribution in [3.05, 3.63) is 69.2 Å². The largest absolute Gasteiger partial charge is 0.0827 e. The summed E-state index contributed by atoms with van der Waals surface area (Å²) in [5.41, 5.74) is 4.19. The van der Waals surface area contributed by atoms with Crippen LogP contribution in [0.2, 0.25) is 10.0 Å². The Morgan fingerprint density at radius 3 is 2.43 bits per heavy atom. The molecule has 0 aromatic heterocycles. The highest BCUT2D eigenvalue weighted by Gasteiger charge is 2.21. The third kappa shape index (κ3) is 4.02. The van der Waals surface area contributed by atoms with Crippen molar-refractivity contribution >= 4 is 23.2 Å². The Balaban J connectivity index is 0.000000497. The normalized spacial score (nSPS) is 16.7. The Hall–Kier alpha value is -0.980. The van der Waals surface area contributed by atoms with Gasteiger partial charge in [-0.15, -0.1) is 0 Å². The highest BCUT2D eigenvalue weighted by Crippen LogP contribution is 2.38. The van der Waals surface area contributed by atoms with Crippen molar-refractivity contribution in [2.24, 2.45) is 0 Å². The van der Waals surface area contributed by atoms with Crippen LogP contribution in [-0.2, 0) is 6.42 Å². The Kier molecular flexibility index (Phi) is 6.14. The van der Waals surface area contributed by atoms with Crippen LogP contribution in [0.15, 0.2) is 42.5 Å². The lowest BCUT2D eigenvalue weighted by molar-refractivity contribution is 0.616. The van der Waals surface area contributed by atoms with Crippen LogP contribution in [-0.4, -0.2) is 0 Å². The van der Waals surface area contributed by atoms with Gasteiger partial charge < -0.3 is 0 Å². The molecule has 2 aromatic carbocycles. The summed E-state index contributed by atoms with van der Waals surface area (Å²) in [6.45, 7) is 4.25. The van der Waals surface area contributed by atoms with Crippen LogP contribution in [0.5, 0.6) is 0 Å². The second-order valence-corrected chi connectivity index (χ2v) is 6.34. The van der Waals surface area contributed by atoms with E-state index in [2.05, 4.69) is 44.2 Å². The minimum Gasteiger partial charge on any atom is -0.0827 e. The molecule has 0 heterocycles. The van der Waals surface area contributed by atoms with Gasteiger partial charge in [0.25, 0.3) is 0 Å². The van der Waals surface area contributed by atoms with Gasteiger partial charge in [0.15, 0.2) is 0 Å². The fourth-order valence-corrected chi connectivity index (χ4v) is 3.14. The zero-order valence-corrected chi connectivity index (χ0v) is 14.2. The van der Waals surface area contributed by atoms with Crippen molar-refractivity contribution in [3.8, 4) is 0 Å². The molecule has 1 aliphatic carbocycles. The third-order valence-electron chi connectivity index (χ3n) is 3.72. The lowest BCUT2D eigenvalue weighted by atomic mass is 9.79. The third-order valence-corrected chi connectivity index (χ3v) is 4.45. The van der Waals surface area contributed by atoms with Crippen LogP contribution in [0.1, 0.15) is 55.7 Å². The van der Waals surface area contributed by atoms with Crippen molar-refractivity contribution < 1.29 is 0 Å². The van der Waals surface area contributed by atoms with Gasteiger partial charge in [-0.05, 0) is 48.1 Å². The van der Waals surface area contributed by atoms with E-state index in [4.69, 9.17) is 23.2 Å². The molecule has 21 heavy (non-hydrogen) atoms. The maximum atomic E-state index is 6.13. The van der Waals surface area contributed by atoms with Crippen LogP contribution < -0.4 is 0 Å². The van der Waals surface area contributed by atoms with E-state index in [1.165, 1.54) is 42.4 Å².